The van der Waals surface area contributed by atoms with Crippen LogP contribution in [0.3, 0.4) is 0 Å². The molecule has 0 radical (unpaired) electrons. The Balaban J connectivity index is 1.69. The second-order valence-electron chi connectivity index (χ2n) is 6.75. The summed E-state index contributed by atoms with van der Waals surface area (Å²) in [5.41, 5.74) is 2.97. The van der Waals surface area contributed by atoms with Crippen LogP contribution in [0.5, 0.6) is 0 Å². The van der Waals surface area contributed by atoms with E-state index in [2.05, 4.69) is 10.2 Å². The van der Waals surface area contributed by atoms with Crippen molar-refractivity contribution in [1.82, 2.24) is 4.90 Å². The number of nitrogens with zero attached hydrogens (tertiary/aromatic N) is 2. The van der Waals surface area contributed by atoms with E-state index in [1.54, 1.807) is 29.2 Å². The second kappa shape index (κ2) is 8.71. The van der Waals surface area contributed by atoms with Crippen LogP contribution in [0.1, 0.15) is 47.4 Å². The molecule has 0 atom stereocenters. The van der Waals surface area contributed by atoms with E-state index in [1.807, 2.05) is 38.1 Å². The summed E-state index contributed by atoms with van der Waals surface area (Å²) in [5, 5.41) is 2.92. The fraction of sp³-hybridized carbons (Fsp3) is 0.364. The first-order valence-corrected chi connectivity index (χ1v) is 9.68. The van der Waals surface area contributed by atoms with Crippen molar-refractivity contribution in [1.29, 1.82) is 0 Å². The highest BCUT2D eigenvalue weighted by molar-refractivity contribution is 6.06. The molecule has 0 spiro atoms. The van der Waals surface area contributed by atoms with Gasteiger partial charge in [-0.2, -0.15) is 0 Å². The third kappa shape index (κ3) is 4.48. The van der Waals surface area contributed by atoms with Gasteiger partial charge in [0.1, 0.15) is 0 Å². The molecule has 0 unspecified atom stereocenters. The van der Waals surface area contributed by atoms with Crippen molar-refractivity contribution in [3.8, 4) is 0 Å². The number of hydrogen-bond donors (Lipinski definition) is 1. The van der Waals surface area contributed by atoms with Crippen LogP contribution < -0.4 is 10.2 Å². The van der Waals surface area contributed by atoms with Gasteiger partial charge in [0.15, 0.2) is 0 Å². The maximum absolute atomic E-state index is 12.6. The Bertz CT molecular complexity index is 791. The molecule has 0 aromatic heterocycles. The number of benzene rings is 2. The second-order valence-corrected chi connectivity index (χ2v) is 6.75. The Morgan fingerprint density at radius 3 is 2.22 bits per heavy atom. The van der Waals surface area contributed by atoms with Crippen molar-refractivity contribution in [2.45, 2.75) is 26.7 Å². The molecule has 1 saturated heterocycles. The highest BCUT2D eigenvalue weighted by Crippen LogP contribution is 2.22. The zero-order valence-electron chi connectivity index (χ0n) is 16.1. The zero-order chi connectivity index (χ0) is 19.2. The summed E-state index contributed by atoms with van der Waals surface area (Å²) >= 11 is 0. The van der Waals surface area contributed by atoms with Gasteiger partial charge in [0.2, 0.25) is 0 Å². The summed E-state index contributed by atoms with van der Waals surface area (Å²) < 4.78 is 0. The first-order valence-electron chi connectivity index (χ1n) is 9.68. The van der Waals surface area contributed by atoms with E-state index in [-0.39, 0.29) is 11.8 Å². The van der Waals surface area contributed by atoms with Gasteiger partial charge in [0.25, 0.3) is 11.8 Å². The third-order valence-electron chi connectivity index (χ3n) is 5.02. The molecule has 2 aromatic rings. The predicted octanol–water partition coefficient (Wildman–Crippen LogP) is 4.02. The Kier molecular flexibility index (Phi) is 6.12. The summed E-state index contributed by atoms with van der Waals surface area (Å²) in [6.07, 6.45) is 2.47. The molecule has 27 heavy (non-hydrogen) atoms. The first-order chi connectivity index (χ1) is 13.1. The summed E-state index contributed by atoms with van der Waals surface area (Å²) in [6, 6.07) is 14.8. The van der Waals surface area contributed by atoms with Crippen molar-refractivity contribution in [3.05, 3.63) is 59.7 Å². The smallest absolute Gasteiger partial charge is 0.255 e. The van der Waals surface area contributed by atoms with Crippen LogP contribution in [0.2, 0.25) is 0 Å². The number of rotatable bonds is 6. The minimum absolute atomic E-state index is 0.0513. The Morgan fingerprint density at radius 2 is 1.59 bits per heavy atom. The van der Waals surface area contributed by atoms with Crippen LogP contribution in [0, 0.1) is 0 Å². The van der Waals surface area contributed by atoms with Gasteiger partial charge in [-0.05, 0) is 69.2 Å². The van der Waals surface area contributed by atoms with E-state index < -0.39 is 0 Å². The van der Waals surface area contributed by atoms with Crippen LogP contribution in [0.4, 0.5) is 11.4 Å². The number of anilines is 2. The van der Waals surface area contributed by atoms with Crippen LogP contribution in [-0.2, 0) is 0 Å². The SMILES string of the molecule is CCN(CC)C(=O)c1cccc(C(=O)Nc2ccc(N3CCCC3)cc2)c1. The quantitative estimate of drug-likeness (QED) is 0.841. The largest absolute Gasteiger partial charge is 0.372 e. The molecule has 0 bridgehead atoms. The lowest BCUT2D eigenvalue weighted by Crippen LogP contribution is -2.30. The van der Waals surface area contributed by atoms with Crippen LogP contribution in [-0.4, -0.2) is 42.9 Å². The minimum atomic E-state index is -0.210. The van der Waals surface area contributed by atoms with Crippen LogP contribution in [0.15, 0.2) is 48.5 Å². The average molecular weight is 365 g/mol. The molecule has 1 N–H and O–H groups in total. The van der Waals surface area contributed by atoms with Gasteiger partial charge in [-0.1, -0.05) is 6.07 Å². The standard InChI is InChI=1S/C22H27N3O2/c1-3-24(4-2)22(27)18-9-7-8-17(16-18)21(26)23-19-10-12-20(13-11-19)25-14-5-6-15-25/h7-13,16H,3-6,14-15H2,1-2H3,(H,23,26). The summed E-state index contributed by atoms with van der Waals surface area (Å²) in [6.45, 7) is 7.38. The lowest BCUT2D eigenvalue weighted by Gasteiger charge is -2.19. The minimum Gasteiger partial charge on any atom is -0.372 e. The van der Waals surface area contributed by atoms with E-state index in [0.29, 0.717) is 24.2 Å². The molecule has 0 aliphatic carbocycles. The van der Waals surface area contributed by atoms with Crippen molar-refractivity contribution >= 4 is 23.2 Å². The van der Waals surface area contributed by atoms with Crippen LogP contribution in [0.25, 0.3) is 0 Å². The molecule has 3 rings (SSSR count). The Hall–Kier alpha value is -2.82. The predicted molar refractivity (Wildman–Crippen MR) is 110 cm³/mol. The maximum Gasteiger partial charge on any atom is 0.255 e. The van der Waals surface area contributed by atoms with E-state index in [4.69, 9.17) is 0 Å². The van der Waals surface area contributed by atoms with Crippen molar-refractivity contribution < 1.29 is 9.59 Å². The highest BCUT2D eigenvalue weighted by atomic mass is 16.2. The summed E-state index contributed by atoms with van der Waals surface area (Å²) in [5.74, 6) is -0.261. The molecule has 1 aliphatic heterocycles. The molecule has 1 heterocycles. The van der Waals surface area contributed by atoms with Gasteiger partial charge >= 0.3 is 0 Å². The Morgan fingerprint density at radius 1 is 0.963 bits per heavy atom. The lowest BCUT2D eigenvalue weighted by molar-refractivity contribution is 0.0773. The third-order valence-corrected chi connectivity index (χ3v) is 5.02. The number of carbonyl (C=O) groups is 2. The normalized spacial score (nSPS) is 13.5. The van der Waals surface area contributed by atoms with Crippen LogP contribution >= 0.6 is 0 Å². The summed E-state index contributed by atoms with van der Waals surface area (Å²) in [7, 11) is 0. The Labute approximate surface area is 161 Å². The van der Waals surface area contributed by atoms with E-state index in [0.717, 1.165) is 18.8 Å². The van der Waals surface area contributed by atoms with Gasteiger partial charge < -0.3 is 15.1 Å². The molecule has 1 aliphatic rings. The van der Waals surface area contributed by atoms with Crippen molar-refractivity contribution in [2.75, 3.05) is 36.4 Å². The number of hydrogen-bond acceptors (Lipinski definition) is 3. The van der Waals surface area contributed by atoms with Gasteiger partial charge in [-0.15, -0.1) is 0 Å². The average Bonchev–Trinajstić information content (AvgIpc) is 3.24. The molecule has 142 valence electrons. The van der Waals surface area contributed by atoms with Gasteiger partial charge in [-0.3, -0.25) is 9.59 Å². The lowest BCUT2D eigenvalue weighted by atomic mass is 10.1. The van der Waals surface area contributed by atoms with Gasteiger partial charge in [0, 0.05) is 48.7 Å². The van der Waals surface area contributed by atoms with Gasteiger partial charge in [-0.25, -0.2) is 0 Å². The molecule has 2 aromatic carbocycles. The molecule has 5 nitrogen and oxygen atoms in total. The fourth-order valence-electron chi connectivity index (χ4n) is 3.42. The maximum atomic E-state index is 12.6. The fourth-order valence-corrected chi connectivity index (χ4v) is 3.42. The topological polar surface area (TPSA) is 52.7 Å². The summed E-state index contributed by atoms with van der Waals surface area (Å²) in [4.78, 5) is 29.2. The number of amides is 2. The number of nitrogens with one attached hydrogen (secondary N) is 1. The monoisotopic (exact) mass is 365 g/mol. The van der Waals surface area contributed by atoms with E-state index in [1.165, 1.54) is 18.5 Å². The number of carbonyl (C=O) groups excluding carboxylic acids is 2. The van der Waals surface area contributed by atoms with Gasteiger partial charge in [0.05, 0.1) is 0 Å². The molecule has 2 amide bonds. The first kappa shape index (κ1) is 19.0. The van der Waals surface area contributed by atoms with Crippen molar-refractivity contribution in [2.24, 2.45) is 0 Å². The van der Waals surface area contributed by atoms with Crippen molar-refractivity contribution in [3.63, 3.8) is 0 Å². The zero-order valence-corrected chi connectivity index (χ0v) is 16.1. The molecule has 5 heteroatoms. The molecular formula is C22H27N3O2. The molecule has 1 fully saturated rings. The highest BCUT2D eigenvalue weighted by Gasteiger charge is 2.15. The molecular weight excluding hydrogens is 338 g/mol. The molecule has 0 saturated carbocycles. The van der Waals surface area contributed by atoms with E-state index >= 15 is 0 Å². The van der Waals surface area contributed by atoms with E-state index in [9.17, 15) is 9.59 Å².